The van der Waals surface area contributed by atoms with Gasteiger partial charge in [-0.15, -0.1) is 0 Å². The van der Waals surface area contributed by atoms with Crippen LogP contribution in [0.25, 0.3) is 4.85 Å². The number of carbonyl (C=O) groups is 2. The van der Waals surface area contributed by atoms with E-state index in [0.29, 0.717) is 27.8 Å². The van der Waals surface area contributed by atoms with Crippen LogP contribution in [0.15, 0.2) is 113 Å². The zero-order valence-corrected chi connectivity index (χ0v) is 34.5. The molecule has 0 radical (unpaired) electrons. The van der Waals surface area contributed by atoms with Gasteiger partial charge in [0.25, 0.3) is 11.8 Å². The lowest BCUT2D eigenvalue weighted by Crippen LogP contribution is -2.41. The molecule has 0 unspecified atom stereocenters. The Kier molecular flexibility index (Phi) is 19.4. The maximum absolute atomic E-state index is 13.5. The number of allylic oxidation sites excluding steroid dienone is 1. The highest BCUT2D eigenvalue weighted by molar-refractivity contribution is 6.32. The van der Waals surface area contributed by atoms with Gasteiger partial charge < -0.3 is 10.2 Å². The third kappa shape index (κ3) is 13.7. The Morgan fingerprint density at radius 2 is 1.29 bits per heavy atom. The molecule has 2 heterocycles. The van der Waals surface area contributed by atoms with Gasteiger partial charge in [-0.3, -0.25) is 19.4 Å². The van der Waals surface area contributed by atoms with Crippen molar-refractivity contribution in [3.63, 3.8) is 0 Å². The molecule has 0 saturated carbocycles. The number of nitrogens with zero attached hydrogens (tertiary/aromatic N) is 6. The Bertz CT molecular complexity index is 1920. The van der Waals surface area contributed by atoms with Gasteiger partial charge in [-0.1, -0.05) is 127 Å². The van der Waals surface area contributed by atoms with E-state index >= 15 is 0 Å². The summed E-state index contributed by atoms with van der Waals surface area (Å²) in [5.74, 6) is -1.72. The highest BCUT2D eigenvalue weighted by Gasteiger charge is 2.48. The number of rotatable bonds is 17. The molecule has 2 aliphatic rings. The molecular weight excluding hydrogens is 744 g/mol. The van der Waals surface area contributed by atoms with E-state index < -0.39 is 23.6 Å². The summed E-state index contributed by atoms with van der Waals surface area (Å²) in [7, 11) is 3.09. The van der Waals surface area contributed by atoms with E-state index in [1.54, 1.807) is 68.4 Å². The number of anilines is 3. The molecule has 0 saturated heterocycles. The Balaban J connectivity index is 0.000000321. The number of halogens is 3. The SMILES string of the molecule is CC.CCCCCCCCCCCCNc1ccc(N2C(=O)/C(=C\ON(C)C)N=C2C(F)(F)F)cc1.[C-]#[N+]c1ccc(N2C(=O)/C(=C/C)N=C2c2ccccc2)cc1. The molecule has 310 valence electrons. The summed E-state index contributed by atoms with van der Waals surface area (Å²) < 4.78 is 40.5. The van der Waals surface area contributed by atoms with Gasteiger partial charge in [-0.2, -0.15) is 18.2 Å². The van der Waals surface area contributed by atoms with Crippen LogP contribution in [-0.2, 0) is 14.4 Å². The lowest BCUT2D eigenvalue weighted by atomic mass is 10.1. The average molecular weight is 800 g/mol. The molecule has 10 nitrogen and oxygen atoms in total. The van der Waals surface area contributed by atoms with Gasteiger partial charge in [0.2, 0.25) is 5.84 Å². The number of benzene rings is 3. The van der Waals surface area contributed by atoms with Gasteiger partial charge in [-0.05, 0) is 49.7 Å². The van der Waals surface area contributed by atoms with Crippen molar-refractivity contribution in [2.75, 3.05) is 35.8 Å². The van der Waals surface area contributed by atoms with E-state index in [-0.39, 0.29) is 11.6 Å². The molecule has 2 aliphatic heterocycles. The summed E-state index contributed by atoms with van der Waals surface area (Å²) in [5, 5.41) is 4.54. The highest BCUT2D eigenvalue weighted by Crippen LogP contribution is 2.33. The van der Waals surface area contributed by atoms with Crippen LogP contribution in [0.3, 0.4) is 0 Å². The summed E-state index contributed by atoms with van der Waals surface area (Å²) in [4.78, 5) is 43.6. The number of carbonyl (C=O) groups excluding carboxylic acids is 2. The Morgan fingerprint density at radius 3 is 1.83 bits per heavy atom. The van der Waals surface area contributed by atoms with E-state index in [9.17, 15) is 22.8 Å². The van der Waals surface area contributed by atoms with Crippen LogP contribution in [0, 0.1) is 6.57 Å². The third-order valence-electron chi connectivity index (χ3n) is 8.88. The number of unbranched alkanes of at least 4 members (excludes halogenated alkanes) is 9. The smallest absolute Gasteiger partial charge is 0.412 e. The number of hydrogen-bond donors (Lipinski definition) is 1. The molecule has 0 aliphatic carbocycles. The molecule has 0 atom stereocenters. The maximum atomic E-state index is 13.5. The van der Waals surface area contributed by atoms with Crippen LogP contribution >= 0.6 is 0 Å². The molecule has 1 N–H and O–H groups in total. The predicted octanol–water partition coefficient (Wildman–Crippen LogP) is 11.6. The molecule has 2 amide bonds. The standard InChI is InChI=1S/C25H37F3N4O2.C18H13N3O.C2H6/c1-4-5-6-7-8-9-10-11-12-13-18-29-20-14-16-21(17-15-20)32-23(33)22(19-34-31(2)3)30-24(32)25(26,27)28;1-3-16-18(22)21(15-11-9-14(19-2)10-12-15)17(20-16)13-7-5-4-6-8-13;1-2/h14-17,19,29H,4-13,18H2,1-3H3;3-12H,1H3;1-2H3/b22-19+;16-3-;. The van der Waals surface area contributed by atoms with Crippen molar-refractivity contribution >= 4 is 46.2 Å². The van der Waals surface area contributed by atoms with Crippen LogP contribution in [0.2, 0.25) is 0 Å². The normalized spacial score (nSPS) is 15.1. The molecule has 0 aromatic heterocycles. The van der Waals surface area contributed by atoms with Crippen molar-refractivity contribution in [1.82, 2.24) is 5.06 Å². The van der Waals surface area contributed by atoms with Crippen molar-refractivity contribution in [2.24, 2.45) is 9.98 Å². The third-order valence-corrected chi connectivity index (χ3v) is 8.88. The van der Waals surface area contributed by atoms with Gasteiger partial charge >= 0.3 is 6.18 Å². The number of amidine groups is 2. The van der Waals surface area contributed by atoms with E-state index in [1.807, 2.05) is 44.2 Å². The van der Waals surface area contributed by atoms with Gasteiger partial charge in [0, 0.05) is 37.6 Å². The summed E-state index contributed by atoms with van der Waals surface area (Å²) in [6, 6.07) is 22.8. The van der Waals surface area contributed by atoms with Crippen molar-refractivity contribution < 1.29 is 27.6 Å². The minimum atomic E-state index is -4.78. The minimum Gasteiger partial charge on any atom is -0.412 e. The monoisotopic (exact) mass is 799 g/mol. The maximum Gasteiger partial charge on any atom is 0.450 e. The van der Waals surface area contributed by atoms with Crippen LogP contribution in [-0.4, -0.2) is 55.4 Å². The summed E-state index contributed by atoms with van der Waals surface area (Å²) >= 11 is 0. The lowest BCUT2D eigenvalue weighted by Gasteiger charge is -2.20. The van der Waals surface area contributed by atoms with E-state index in [2.05, 4.69) is 27.1 Å². The molecule has 3 aromatic carbocycles. The highest BCUT2D eigenvalue weighted by atomic mass is 19.4. The lowest BCUT2D eigenvalue weighted by molar-refractivity contribution is -0.115. The molecule has 58 heavy (non-hydrogen) atoms. The number of amides is 2. The molecule has 3 aromatic rings. The topological polar surface area (TPSA) is 94.2 Å². The Hall–Kier alpha value is -5.74. The second-order valence-electron chi connectivity index (χ2n) is 13.4. The van der Waals surface area contributed by atoms with Crippen molar-refractivity contribution in [3.8, 4) is 0 Å². The molecular formula is C45H56F3N7O3. The van der Waals surface area contributed by atoms with Gasteiger partial charge in [-0.25, -0.2) is 14.8 Å². The fourth-order valence-corrected chi connectivity index (χ4v) is 5.97. The fraction of sp³-hybridized carbons (Fsp3) is 0.400. The molecule has 13 heteroatoms. The van der Waals surface area contributed by atoms with Crippen LogP contribution in [0.4, 0.5) is 35.9 Å². The average Bonchev–Trinajstić information content (AvgIpc) is 3.76. The van der Waals surface area contributed by atoms with Crippen molar-refractivity contribution in [3.05, 3.63) is 120 Å². The van der Waals surface area contributed by atoms with Crippen LogP contribution < -0.4 is 15.1 Å². The largest absolute Gasteiger partial charge is 0.450 e. The molecule has 0 fully saturated rings. The first-order chi connectivity index (χ1) is 28.0. The second kappa shape index (κ2) is 24.1. The second-order valence-corrected chi connectivity index (χ2v) is 13.4. The van der Waals surface area contributed by atoms with Crippen LogP contribution in [0.5, 0.6) is 0 Å². The van der Waals surface area contributed by atoms with Gasteiger partial charge in [0.05, 0.1) is 12.3 Å². The van der Waals surface area contributed by atoms with E-state index in [1.165, 1.54) is 68.6 Å². The van der Waals surface area contributed by atoms with Crippen molar-refractivity contribution in [2.45, 2.75) is 98.1 Å². The number of hydrogen-bond acceptors (Lipinski definition) is 7. The molecule has 0 bridgehead atoms. The minimum absolute atomic E-state index is 0.0961. The van der Waals surface area contributed by atoms with E-state index in [4.69, 9.17) is 11.4 Å². The zero-order valence-electron chi connectivity index (χ0n) is 34.5. The number of nitrogens with one attached hydrogen (secondary N) is 1. The van der Waals surface area contributed by atoms with Gasteiger partial charge in [0.1, 0.15) is 17.8 Å². The molecule has 0 spiro atoms. The summed E-state index contributed by atoms with van der Waals surface area (Å²) in [5.41, 5.74) is 3.03. The van der Waals surface area contributed by atoms with Gasteiger partial charge in [0.15, 0.2) is 11.4 Å². The number of aliphatic imine (C=N–C) groups is 2. The quantitative estimate of drug-likeness (QED) is 0.0482. The van der Waals surface area contributed by atoms with E-state index in [0.717, 1.165) is 36.9 Å². The number of hydroxylamine groups is 2. The fourth-order valence-electron chi connectivity index (χ4n) is 5.97. The first-order valence-corrected chi connectivity index (χ1v) is 20.0. The van der Waals surface area contributed by atoms with Crippen LogP contribution in [0.1, 0.15) is 97.5 Å². The Labute approximate surface area is 341 Å². The summed E-state index contributed by atoms with van der Waals surface area (Å²) in [6.45, 7) is 15.8. The Morgan fingerprint density at radius 1 is 0.759 bits per heavy atom. The predicted molar refractivity (Wildman–Crippen MR) is 229 cm³/mol. The zero-order chi connectivity index (χ0) is 42.5. The first kappa shape index (κ1) is 46.6. The summed E-state index contributed by atoms with van der Waals surface area (Å²) in [6.07, 6.45) is 10.4. The first-order valence-electron chi connectivity index (χ1n) is 20.0. The number of alkyl halides is 3. The molecule has 5 rings (SSSR count). The van der Waals surface area contributed by atoms with Crippen molar-refractivity contribution in [1.29, 1.82) is 0 Å².